The summed E-state index contributed by atoms with van der Waals surface area (Å²) in [6.45, 7) is 10.7. The first-order valence-electron chi connectivity index (χ1n) is 5.22. The molecule has 10 heteroatoms. The summed E-state index contributed by atoms with van der Waals surface area (Å²) in [6.07, 6.45) is 0.868. The molecule has 0 radical (unpaired) electrons. The third kappa shape index (κ3) is 8.19. The van der Waals surface area contributed by atoms with Crippen LogP contribution >= 0.6 is 69.6 Å². The fourth-order valence-electron chi connectivity index (χ4n) is 1.04. The number of rotatable bonds is 5. The standard InChI is InChI=1S/C10H11Cl6NO2Si/c1-17-4-5-20(2,3)19-8(10(14,15)16)6-7(18)9(11,12)13/h6H,4-5H2,2-3H3/b8-6-. The maximum atomic E-state index is 11.7. The molecular weight excluding hydrogens is 407 g/mol. The largest absolute Gasteiger partial charge is 0.544 e. The Morgan fingerprint density at radius 3 is 2.05 bits per heavy atom. The van der Waals surface area contributed by atoms with Crippen molar-refractivity contribution in [3.8, 4) is 0 Å². The van der Waals surface area contributed by atoms with Crippen molar-refractivity contribution in [2.75, 3.05) is 6.54 Å². The molecule has 0 bridgehead atoms. The van der Waals surface area contributed by atoms with E-state index in [4.69, 9.17) is 80.6 Å². The van der Waals surface area contributed by atoms with Gasteiger partial charge in [0.15, 0.2) is 0 Å². The van der Waals surface area contributed by atoms with Crippen LogP contribution in [0.3, 0.4) is 0 Å². The molecule has 0 saturated heterocycles. The second-order valence-electron chi connectivity index (χ2n) is 4.36. The van der Waals surface area contributed by atoms with E-state index in [1.165, 1.54) is 0 Å². The first-order chi connectivity index (χ1) is 8.79. The van der Waals surface area contributed by atoms with Gasteiger partial charge in [0.2, 0.25) is 16.1 Å². The van der Waals surface area contributed by atoms with Crippen LogP contribution in [0, 0.1) is 6.57 Å². The Kier molecular flexibility index (Phi) is 8.03. The Morgan fingerprint density at radius 2 is 1.70 bits per heavy atom. The number of alkyl halides is 6. The average molecular weight is 418 g/mol. The summed E-state index contributed by atoms with van der Waals surface area (Å²) in [4.78, 5) is 14.9. The maximum absolute atomic E-state index is 11.7. The molecule has 0 spiro atoms. The summed E-state index contributed by atoms with van der Waals surface area (Å²) in [7, 11) is -2.34. The molecule has 0 aromatic rings. The number of carbonyl (C=O) groups is 1. The summed E-state index contributed by atoms with van der Waals surface area (Å²) < 4.78 is 1.51. The number of allylic oxidation sites excluding steroid dienone is 2. The number of ketones is 1. The predicted molar refractivity (Wildman–Crippen MR) is 88.5 cm³/mol. The minimum absolute atomic E-state index is 0.208. The fourth-order valence-corrected chi connectivity index (χ4v) is 3.24. The first kappa shape index (κ1) is 20.7. The van der Waals surface area contributed by atoms with Gasteiger partial charge in [-0.15, -0.1) is 0 Å². The molecule has 0 heterocycles. The monoisotopic (exact) mass is 415 g/mol. The average Bonchev–Trinajstić information content (AvgIpc) is 2.22. The van der Waals surface area contributed by atoms with Crippen molar-refractivity contribution < 1.29 is 9.22 Å². The number of hydrogen-bond donors (Lipinski definition) is 0. The molecule has 20 heavy (non-hydrogen) atoms. The lowest BCUT2D eigenvalue weighted by molar-refractivity contribution is -0.113. The van der Waals surface area contributed by atoms with Gasteiger partial charge in [-0.25, -0.2) is 6.57 Å². The van der Waals surface area contributed by atoms with E-state index >= 15 is 0 Å². The van der Waals surface area contributed by atoms with Crippen molar-refractivity contribution >= 4 is 83.7 Å². The quantitative estimate of drug-likeness (QED) is 0.199. The molecule has 0 atom stereocenters. The SMILES string of the molecule is [C-]#[N+]CC[Si](C)(C)O/C(=C\C(=O)C(Cl)(Cl)Cl)C(Cl)(Cl)Cl. The van der Waals surface area contributed by atoms with Gasteiger partial charge >= 0.3 is 0 Å². The minimum Gasteiger partial charge on any atom is -0.544 e. The molecule has 0 aromatic carbocycles. The molecule has 0 N–H and O–H groups in total. The van der Waals surface area contributed by atoms with Crippen LogP contribution < -0.4 is 0 Å². The van der Waals surface area contributed by atoms with Crippen molar-refractivity contribution in [2.45, 2.75) is 26.7 Å². The van der Waals surface area contributed by atoms with E-state index in [1.54, 1.807) is 0 Å². The number of nitrogens with zero attached hydrogens (tertiary/aromatic N) is 1. The van der Waals surface area contributed by atoms with Crippen LogP contribution in [0.1, 0.15) is 0 Å². The van der Waals surface area contributed by atoms with Gasteiger partial charge in [-0.05, 0) is 13.1 Å². The van der Waals surface area contributed by atoms with Crippen LogP contribution in [0.5, 0.6) is 0 Å². The lowest BCUT2D eigenvalue weighted by atomic mass is 10.3. The molecule has 0 fully saturated rings. The highest BCUT2D eigenvalue weighted by atomic mass is 35.6. The molecule has 3 nitrogen and oxygen atoms in total. The van der Waals surface area contributed by atoms with Crippen molar-refractivity contribution in [1.29, 1.82) is 0 Å². The van der Waals surface area contributed by atoms with E-state index in [1.807, 2.05) is 13.1 Å². The normalized spacial score (nSPS) is 13.8. The third-order valence-electron chi connectivity index (χ3n) is 2.03. The van der Waals surface area contributed by atoms with Gasteiger partial charge in [0.25, 0.3) is 12.1 Å². The van der Waals surface area contributed by atoms with E-state index in [2.05, 4.69) is 4.85 Å². The van der Waals surface area contributed by atoms with Gasteiger partial charge in [0.05, 0.1) is 0 Å². The van der Waals surface area contributed by atoms with Crippen LogP contribution in [0.2, 0.25) is 19.1 Å². The molecule has 0 aliphatic carbocycles. The molecule has 0 amide bonds. The summed E-state index contributed by atoms with van der Waals surface area (Å²) >= 11 is 33.6. The summed E-state index contributed by atoms with van der Waals surface area (Å²) in [5.74, 6) is -1.08. The van der Waals surface area contributed by atoms with E-state index in [-0.39, 0.29) is 12.3 Å². The Bertz CT molecular complexity index is 432. The topological polar surface area (TPSA) is 30.7 Å². The Morgan fingerprint density at radius 1 is 1.20 bits per heavy atom. The second-order valence-corrected chi connectivity index (χ2v) is 13.1. The zero-order valence-corrected chi connectivity index (χ0v) is 16.1. The molecule has 0 saturated carbocycles. The Labute approximate surface area is 149 Å². The number of halogens is 6. The molecule has 0 rings (SSSR count). The van der Waals surface area contributed by atoms with Crippen LogP contribution in [0.25, 0.3) is 4.85 Å². The summed E-state index contributed by atoms with van der Waals surface area (Å²) in [6, 6.07) is 0.510. The van der Waals surface area contributed by atoms with Gasteiger partial charge < -0.3 is 9.27 Å². The van der Waals surface area contributed by atoms with E-state index in [9.17, 15) is 4.79 Å². The van der Waals surface area contributed by atoms with E-state index in [0.29, 0.717) is 6.04 Å². The predicted octanol–water partition coefficient (Wildman–Crippen LogP) is 5.32. The summed E-state index contributed by atoms with van der Waals surface area (Å²) in [5, 5.41) is 0. The van der Waals surface area contributed by atoms with E-state index < -0.39 is 21.7 Å². The lowest BCUT2D eigenvalue weighted by Gasteiger charge is -2.28. The van der Waals surface area contributed by atoms with Crippen molar-refractivity contribution in [3.63, 3.8) is 0 Å². The Balaban J connectivity index is 5.27. The summed E-state index contributed by atoms with van der Waals surface area (Å²) in [5.41, 5.74) is 0. The fraction of sp³-hybridized carbons (Fsp3) is 0.600. The van der Waals surface area contributed by atoms with Gasteiger partial charge in [0, 0.05) is 12.1 Å². The second kappa shape index (κ2) is 7.78. The molecule has 0 unspecified atom stereocenters. The highest BCUT2D eigenvalue weighted by molar-refractivity contribution is 6.77. The van der Waals surface area contributed by atoms with E-state index in [0.717, 1.165) is 6.08 Å². The first-order valence-corrected chi connectivity index (χ1v) is 10.6. The van der Waals surface area contributed by atoms with Crippen molar-refractivity contribution in [2.24, 2.45) is 0 Å². The van der Waals surface area contributed by atoms with Crippen LogP contribution in [-0.2, 0) is 9.22 Å². The number of hydrogen-bond acceptors (Lipinski definition) is 2. The smallest absolute Gasteiger partial charge is 0.252 e. The van der Waals surface area contributed by atoms with Crippen molar-refractivity contribution in [3.05, 3.63) is 23.3 Å². The van der Waals surface area contributed by atoms with Crippen LogP contribution in [-0.4, -0.2) is 28.2 Å². The zero-order chi connectivity index (χ0) is 16.2. The highest BCUT2D eigenvalue weighted by Crippen LogP contribution is 2.39. The minimum atomic E-state index is -2.34. The van der Waals surface area contributed by atoms with Crippen LogP contribution in [0.4, 0.5) is 0 Å². The van der Waals surface area contributed by atoms with Crippen LogP contribution in [0.15, 0.2) is 11.8 Å². The number of carbonyl (C=O) groups excluding carboxylic acids is 1. The van der Waals surface area contributed by atoms with Gasteiger partial charge in [-0.1, -0.05) is 69.6 Å². The molecule has 114 valence electrons. The van der Waals surface area contributed by atoms with Gasteiger partial charge in [-0.2, -0.15) is 0 Å². The molecular formula is C10H11Cl6NO2Si. The molecule has 0 aliphatic heterocycles. The van der Waals surface area contributed by atoms with Crippen molar-refractivity contribution in [1.82, 2.24) is 0 Å². The molecule has 0 aromatic heterocycles. The highest BCUT2D eigenvalue weighted by Gasteiger charge is 2.38. The van der Waals surface area contributed by atoms with Gasteiger partial charge in [-0.3, -0.25) is 4.79 Å². The molecule has 0 aliphatic rings. The third-order valence-corrected chi connectivity index (χ3v) is 5.35. The lowest BCUT2D eigenvalue weighted by Crippen LogP contribution is -2.34. The van der Waals surface area contributed by atoms with Gasteiger partial charge in [0.1, 0.15) is 5.76 Å². The Hall–Kier alpha value is 0.657. The maximum Gasteiger partial charge on any atom is 0.252 e. The zero-order valence-electron chi connectivity index (χ0n) is 10.5.